The van der Waals surface area contributed by atoms with Gasteiger partial charge in [-0.05, 0) is 81.1 Å². The molecule has 0 aromatic carbocycles. The van der Waals surface area contributed by atoms with Crippen molar-refractivity contribution in [3.8, 4) is 0 Å². The van der Waals surface area contributed by atoms with Crippen molar-refractivity contribution >= 4 is 11.9 Å². The zero-order chi connectivity index (χ0) is 42.9. The minimum absolute atomic E-state index is 0.175. The number of hydroxylamine groups is 4. The first-order valence-electron chi connectivity index (χ1n) is 22.1. The molecule has 0 unspecified atom stereocenters. The smallest absolute Gasteiger partial charge is 0.305 e. The molecule has 0 aliphatic carbocycles. The Morgan fingerprint density at radius 3 is 1.10 bits per heavy atom. The van der Waals surface area contributed by atoms with Crippen LogP contribution in [0.5, 0.6) is 0 Å². The third-order valence-corrected chi connectivity index (χ3v) is 12.8. The van der Waals surface area contributed by atoms with Crippen molar-refractivity contribution in [3.63, 3.8) is 0 Å². The van der Waals surface area contributed by atoms with Crippen LogP contribution < -0.4 is 0 Å². The Kier molecular flexibility index (Phi) is 16.7. The summed E-state index contributed by atoms with van der Waals surface area (Å²) in [7, 11) is 0. The third-order valence-electron chi connectivity index (χ3n) is 12.8. The van der Waals surface area contributed by atoms with Gasteiger partial charge < -0.3 is 28.4 Å². The highest BCUT2D eigenvalue weighted by Crippen LogP contribution is 2.51. The summed E-state index contributed by atoms with van der Waals surface area (Å²) in [6, 6.07) is 0. The highest BCUT2D eigenvalue weighted by molar-refractivity contribution is 5.69. The molecule has 58 heavy (non-hydrogen) atoms. The number of unbranched alkanes of at least 4 members (excludes halogenated alkanes) is 5. The molecule has 4 heterocycles. The first-order valence-corrected chi connectivity index (χ1v) is 22.1. The van der Waals surface area contributed by atoms with E-state index in [9.17, 15) is 9.59 Å². The largest absolute Gasteiger partial charge is 0.465 e. The number of rotatable bonds is 21. The molecule has 0 radical (unpaired) electrons. The minimum Gasteiger partial charge on any atom is -0.465 e. The predicted molar refractivity (Wildman–Crippen MR) is 224 cm³/mol. The number of esters is 2. The maximum Gasteiger partial charge on any atom is 0.305 e. The van der Waals surface area contributed by atoms with Crippen molar-refractivity contribution in [1.82, 2.24) is 10.1 Å². The highest BCUT2D eigenvalue weighted by atomic mass is 16.7. The molecule has 0 amide bonds. The normalized spacial score (nSPS) is 25.2. The second kappa shape index (κ2) is 19.9. The predicted octanol–water partition coefficient (Wildman–Crippen LogP) is 9.01. The minimum atomic E-state index is -0.706. The van der Waals surface area contributed by atoms with Crippen LogP contribution in [0.1, 0.15) is 159 Å². The summed E-state index contributed by atoms with van der Waals surface area (Å²) in [5.41, 5.74) is -1.96. The summed E-state index contributed by atoms with van der Waals surface area (Å²) >= 11 is 0. The summed E-state index contributed by atoms with van der Waals surface area (Å²) in [5, 5.41) is 4.13. The Labute approximate surface area is 350 Å². The summed E-state index contributed by atoms with van der Waals surface area (Å²) in [6.45, 7) is 32.4. The molecule has 0 atom stereocenters. The lowest BCUT2D eigenvalue weighted by molar-refractivity contribution is -0.382. The second-order valence-electron chi connectivity index (χ2n) is 20.3. The van der Waals surface area contributed by atoms with E-state index in [1.54, 1.807) is 12.2 Å². The maximum atomic E-state index is 12.7. The molecule has 0 saturated carbocycles. The van der Waals surface area contributed by atoms with Crippen LogP contribution in [-0.2, 0) is 47.7 Å². The Morgan fingerprint density at radius 2 is 0.828 bits per heavy atom. The van der Waals surface area contributed by atoms with E-state index < -0.39 is 11.6 Å². The summed E-state index contributed by atoms with van der Waals surface area (Å²) < 4.78 is 37.8. The Morgan fingerprint density at radius 1 is 0.534 bits per heavy atom. The molecule has 4 aliphatic heterocycles. The van der Waals surface area contributed by atoms with Gasteiger partial charge in [-0.1, -0.05) is 51.7 Å². The zero-order valence-corrected chi connectivity index (χ0v) is 38.1. The molecule has 0 bridgehead atoms. The molecule has 4 aliphatic rings. The van der Waals surface area contributed by atoms with Gasteiger partial charge in [0.15, 0.2) is 11.6 Å². The van der Waals surface area contributed by atoms with Crippen LogP contribution in [0, 0.1) is 10.8 Å². The van der Waals surface area contributed by atoms with E-state index in [1.165, 1.54) is 0 Å². The molecular weight excluding hydrogens is 741 g/mol. The molecule has 12 heteroatoms. The Hall–Kier alpha value is -1.90. The van der Waals surface area contributed by atoms with Crippen molar-refractivity contribution in [2.45, 2.75) is 193 Å². The lowest BCUT2D eigenvalue weighted by Crippen LogP contribution is -2.68. The SMILES string of the molecule is C=CCON1C(C)(C)CC2(CC1(C)C)OCC(CC)(COC(=O)CCCCCCCCC(=O)OCC1(CC)COC3(CC(C)(C)N(OCC=C)C(C)(C)C3)OC1)CO2. The van der Waals surface area contributed by atoms with Gasteiger partial charge in [0.25, 0.3) is 0 Å². The van der Waals surface area contributed by atoms with Gasteiger partial charge in [0.1, 0.15) is 13.2 Å². The molecule has 4 fully saturated rings. The van der Waals surface area contributed by atoms with Crippen molar-refractivity contribution < 1.29 is 47.7 Å². The van der Waals surface area contributed by atoms with Crippen LogP contribution in [0.4, 0.5) is 0 Å². The van der Waals surface area contributed by atoms with E-state index in [1.807, 2.05) is 0 Å². The number of hydrogen-bond donors (Lipinski definition) is 0. The van der Waals surface area contributed by atoms with E-state index >= 15 is 0 Å². The first kappa shape index (κ1) is 48.8. The Balaban J connectivity index is 1.07. The molecule has 0 N–H and O–H groups in total. The molecule has 4 saturated heterocycles. The number of piperidine rings is 2. The van der Waals surface area contributed by atoms with Crippen LogP contribution in [0.25, 0.3) is 0 Å². The van der Waals surface area contributed by atoms with Crippen molar-refractivity contribution in [2.24, 2.45) is 10.8 Å². The summed E-state index contributed by atoms with van der Waals surface area (Å²) in [6.07, 6.45) is 14.0. The van der Waals surface area contributed by atoms with Crippen LogP contribution in [0.3, 0.4) is 0 Å². The first-order chi connectivity index (χ1) is 27.2. The van der Waals surface area contributed by atoms with E-state index in [0.29, 0.717) is 78.2 Å². The number of carbonyl (C=O) groups is 2. The van der Waals surface area contributed by atoms with Crippen LogP contribution in [-0.4, -0.2) is 109 Å². The summed E-state index contributed by atoms with van der Waals surface area (Å²) in [4.78, 5) is 37.6. The standard InChI is InChI=1S/C46H80N2O10/c1-13-25-57-47-39(5,6)27-45(28-40(47,7)8)53-33-43(15-3,34-54-45)31-51-37(49)23-21-19-17-18-20-22-24-38(50)52-32-44(16-4)35-55-46(56-36-44)29-41(9,10)48(58-26-14-2)42(11,12)30-46/h13-14H,1-2,15-36H2,3-12H3. The molecule has 0 aromatic rings. The number of hydrogen-bond acceptors (Lipinski definition) is 12. The number of carbonyl (C=O) groups excluding carboxylic acids is 2. The van der Waals surface area contributed by atoms with Gasteiger partial charge in [-0.3, -0.25) is 19.3 Å². The lowest BCUT2D eigenvalue weighted by atomic mass is 9.76. The fourth-order valence-electron chi connectivity index (χ4n) is 9.99. The molecular formula is C46H80N2O10. The highest BCUT2D eigenvalue weighted by Gasteiger charge is 2.59. The van der Waals surface area contributed by atoms with Gasteiger partial charge in [-0.25, -0.2) is 0 Å². The number of nitrogens with zero attached hydrogens (tertiary/aromatic N) is 2. The topological polar surface area (TPSA) is 114 Å². The molecule has 0 aromatic heterocycles. The van der Waals surface area contributed by atoms with Gasteiger partial charge in [0, 0.05) is 60.7 Å². The van der Waals surface area contributed by atoms with Crippen LogP contribution in [0.2, 0.25) is 0 Å². The zero-order valence-electron chi connectivity index (χ0n) is 38.1. The molecule has 334 valence electrons. The fourth-order valence-corrected chi connectivity index (χ4v) is 9.99. The Bertz CT molecular complexity index is 1220. The number of ether oxygens (including phenoxy) is 6. The van der Waals surface area contributed by atoms with Gasteiger partial charge in [0.05, 0.1) is 50.5 Å². The van der Waals surface area contributed by atoms with Crippen LogP contribution in [0.15, 0.2) is 25.3 Å². The molecule has 12 nitrogen and oxygen atoms in total. The van der Waals surface area contributed by atoms with Crippen LogP contribution >= 0.6 is 0 Å². The van der Waals surface area contributed by atoms with E-state index in [0.717, 1.165) is 51.4 Å². The average Bonchev–Trinajstić information content (AvgIpc) is 3.14. The maximum absolute atomic E-state index is 12.7. The van der Waals surface area contributed by atoms with Gasteiger partial charge in [-0.2, -0.15) is 10.1 Å². The van der Waals surface area contributed by atoms with Crippen molar-refractivity contribution in [1.29, 1.82) is 0 Å². The lowest BCUT2D eigenvalue weighted by Gasteiger charge is -2.59. The molecule has 2 spiro atoms. The second-order valence-corrected chi connectivity index (χ2v) is 20.3. The van der Waals surface area contributed by atoms with Gasteiger partial charge in [0.2, 0.25) is 0 Å². The summed E-state index contributed by atoms with van der Waals surface area (Å²) in [5.74, 6) is -1.76. The van der Waals surface area contributed by atoms with E-state index in [2.05, 4.69) is 92.5 Å². The average molecular weight is 821 g/mol. The monoisotopic (exact) mass is 821 g/mol. The van der Waals surface area contributed by atoms with E-state index in [4.69, 9.17) is 38.1 Å². The van der Waals surface area contributed by atoms with Crippen molar-refractivity contribution in [2.75, 3.05) is 52.9 Å². The third kappa shape index (κ3) is 12.4. The fraction of sp³-hybridized carbons (Fsp3) is 0.870. The van der Waals surface area contributed by atoms with Gasteiger partial charge >= 0.3 is 11.9 Å². The molecule has 4 rings (SSSR count). The van der Waals surface area contributed by atoms with Crippen molar-refractivity contribution in [3.05, 3.63) is 25.3 Å². The quantitative estimate of drug-likeness (QED) is 0.0626. The van der Waals surface area contributed by atoms with E-state index in [-0.39, 0.29) is 58.1 Å². The van der Waals surface area contributed by atoms with Gasteiger partial charge in [-0.15, -0.1) is 13.2 Å².